The highest BCUT2D eigenvalue weighted by molar-refractivity contribution is 6.07. The van der Waals surface area contributed by atoms with Crippen molar-refractivity contribution in [3.8, 4) is 0 Å². The summed E-state index contributed by atoms with van der Waals surface area (Å²) in [5.41, 5.74) is 2.72. The number of carbonyl (C=O) groups excluding carboxylic acids is 2. The number of amides is 3. The average Bonchev–Trinajstić information content (AvgIpc) is 2.73. The minimum atomic E-state index is -1.37. The molecule has 4 N–H and O–H groups in total. The van der Waals surface area contributed by atoms with Crippen molar-refractivity contribution in [2.24, 2.45) is 0 Å². The second-order valence-corrected chi connectivity index (χ2v) is 9.85. The van der Waals surface area contributed by atoms with Gasteiger partial charge in [0.05, 0.1) is 23.0 Å². The first-order valence-corrected chi connectivity index (χ1v) is 11.9. The standard InChI is InChI=1S/C27H36FN3O5/c1-8-9-18-12-15(2)22(16(3)13-18)31-26(35)29-21-14-19(28)10-11-20(21)24(32)30-23(25(33)34)17(4)36-27(5,6)7/h10-14,17,23H,8-9H2,1-7H3,(H,30,32)(H,33,34)(H2,29,31,35)/t17-,23+/m1/s1. The van der Waals surface area contributed by atoms with Gasteiger partial charge in [-0.1, -0.05) is 25.5 Å². The van der Waals surface area contributed by atoms with E-state index in [0.29, 0.717) is 5.69 Å². The van der Waals surface area contributed by atoms with E-state index in [4.69, 9.17) is 4.74 Å². The first-order chi connectivity index (χ1) is 16.7. The molecule has 0 spiro atoms. The lowest BCUT2D eigenvalue weighted by molar-refractivity contribution is -0.146. The molecule has 2 atom stereocenters. The van der Waals surface area contributed by atoms with E-state index in [2.05, 4.69) is 22.9 Å². The summed E-state index contributed by atoms with van der Waals surface area (Å²) < 4.78 is 19.7. The fourth-order valence-corrected chi connectivity index (χ4v) is 3.99. The fraction of sp³-hybridized carbons (Fsp3) is 0.444. The Labute approximate surface area is 211 Å². The molecule has 0 heterocycles. The molecule has 0 aliphatic heterocycles. The van der Waals surface area contributed by atoms with Crippen LogP contribution in [0.5, 0.6) is 0 Å². The third kappa shape index (κ3) is 8.05. The topological polar surface area (TPSA) is 117 Å². The molecule has 0 aliphatic rings. The van der Waals surface area contributed by atoms with Gasteiger partial charge in [-0.05, 0) is 82.9 Å². The minimum Gasteiger partial charge on any atom is -0.480 e. The molecule has 0 aromatic heterocycles. The zero-order chi connectivity index (χ0) is 27.2. The predicted molar refractivity (Wildman–Crippen MR) is 138 cm³/mol. The number of ether oxygens (including phenoxy) is 1. The zero-order valence-electron chi connectivity index (χ0n) is 21.9. The van der Waals surface area contributed by atoms with Gasteiger partial charge in [0.15, 0.2) is 6.04 Å². The van der Waals surface area contributed by atoms with Crippen LogP contribution < -0.4 is 16.0 Å². The summed E-state index contributed by atoms with van der Waals surface area (Å²) in [6.07, 6.45) is 1.07. The van der Waals surface area contributed by atoms with E-state index >= 15 is 0 Å². The van der Waals surface area contributed by atoms with Gasteiger partial charge < -0.3 is 25.8 Å². The van der Waals surface area contributed by atoms with E-state index in [-0.39, 0.29) is 11.3 Å². The number of aliphatic carboxylic acids is 1. The van der Waals surface area contributed by atoms with Crippen molar-refractivity contribution < 1.29 is 28.6 Å². The number of carboxylic acids is 1. The third-order valence-corrected chi connectivity index (χ3v) is 5.41. The van der Waals surface area contributed by atoms with Crippen LogP contribution in [0.25, 0.3) is 0 Å². The molecule has 0 fully saturated rings. The summed E-state index contributed by atoms with van der Waals surface area (Å²) in [4.78, 5) is 37.6. The number of benzene rings is 2. The number of rotatable bonds is 9. The quantitative estimate of drug-likeness (QED) is 0.366. The lowest BCUT2D eigenvalue weighted by atomic mass is 10.0. The molecule has 0 saturated heterocycles. The number of hydrogen-bond donors (Lipinski definition) is 4. The Morgan fingerprint density at radius 3 is 2.19 bits per heavy atom. The Morgan fingerprint density at radius 2 is 1.67 bits per heavy atom. The Morgan fingerprint density at radius 1 is 1.06 bits per heavy atom. The van der Waals surface area contributed by atoms with E-state index in [1.54, 1.807) is 20.8 Å². The molecular formula is C27H36FN3O5. The summed E-state index contributed by atoms with van der Waals surface area (Å²) in [6.45, 7) is 12.7. The van der Waals surface area contributed by atoms with Gasteiger partial charge in [0.2, 0.25) is 0 Å². The van der Waals surface area contributed by atoms with Crippen LogP contribution in [0, 0.1) is 19.7 Å². The van der Waals surface area contributed by atoms with Crippen molar-refractivity contribution in [2.75, 3.05) is 10.6 Å². The van der Waals surface area contributed by atoms with E-state index in [1.165, 1.54) is 18.6 Å². The van der Waals surface area contributed by atoms with E-state index < -0.39 is 41.5 Å². The second kappa shape index (κ2) is 12.0. The van der Waals surface area contributed by atoms with Crippen LogP contribution in [-0.4, -0.2) is 40.8 Å². The van der Waals surface area contributed by atoms with Gasteiger partial charge in [0.25, 0.3) is 5.91 Å². The van der Waals surface area contributed by atoms with Gasteiger partial charge >= 0.3 is 12.0 Å². The van der Waals surface area contributed by atoms with Crippen LogP contribution in [-0.2, 0) is 16.0 Å². The number of nitrogens with one attached hydrogen (secondary N) is 3. The van der Waals surface area contributed by atoms with Crippen molar-refractivity contribution in [1.29, 1.82) is 0 Å². The first kappa shape index (κ1) is 28.8. The van der Waals surface area contributed by atoms with E-state index in [0.717, 1.165) is 36.1 Å². The number of carboxylic acid groups (broad SMARTS) is 1. The highest BCUT2D eigenvalue weighted by atomic mass is 19.1. The summed E-state index contributed by atoms with van der Waals surface area (Å²) in [5.74, 6) is -2.75. The minimum absolute atomic E-state index is 0.0903. The summed E-state index contributed by atoms with van der Waals surface area (Å²) in [5, 5.41) is 17.3. The number of carbonyl (C=O) groups is 3. The first-order valence-electron chi connectivity index (χ1n) is 11.9. The number of halogens is 1. The Hall–Kier alpha value is -3.46. The zero-order valence-corrected chi connectivity index (χ0v) is 21.9. The van der Waals surface area contributed by atoms with Gasteiger partial charge in [0.1, 0.15) is 5.82 Å². The second-order valence-electron chi connectivity index (χ2n) is 9.85. The molecule has 8 nitrogen and oxygen atoms in total. The highest BCUT2D eigenvalue weighted by Crippen LogP contribution is 2.24. The van der Waals surface area contributed by atoms with Crippen molar-refractivity contribution in [3.63, 3.8) is 0 Å². The maximum atomic E-state index is 14.0. The highest BCUT2D eigenvalue weighted by Gasteiger charge is 2.31. The van der Waals surface area contributed by atoms with Crippen LogP contribution in [0.15, 0.2) is 30.3 Å². The fourth-order valence-electron chi connectivity index (χ4n) is 3.99. The van der Waals surface area contributed by atoms with Crippen molar-refractivity contribution in [3.05, 3.63) is 58.4 Å². The van der Waals surface area contributed by atoms with E-state index in [9.17, 15) is 23.9 Å². The normalized spacial score (nSPS) is 13.0. The van der Waals surface area contributed by atoms with Gasteiger partial charge in [-0.3, -0.25) is 4.79 Å². The molecule has 0 unspecified atom stereocenters. The number of anilines is 2. The maximum absolute atomic E-state index is 14.0. The molecule has 196 valence electrons. The molecule has 0 aliphatic carbocycles. The number of urea groups is 1. The molecular weight excluding hydrogens is 465 g/mol. The molecule has 0 radical (unpaired) electrons. The largest absolute Gasteiger partial charge is 0.480 e. The molecule has 3 amide bonds. The van der Waals surface area contributed by atoms with E-state index in [1.807, 2.05) is 26.0 Å². The molecule has 0 saturated carbocycles. The van der Waals surface area contributed by atoms with Crippen LogP contribution in [0.3, 0.4) is 0 Å². The lowest BCUT2D eigenvalue weighted by Crippen LogP contribution is -2.50. The predicted octanol–water partition coefficient (Wildman–Crippen LogP) is 5.43. The Bertz CT molecular complexity index is 1100. The molecule has 0 bridgehead atoms. The summed E-state index contributed by atoms with van der Waals surface area (Å²) in [6, 6.07) is 5.22. The SMILES string of the molecule is CCCc1cc(C)c(NC(=O)Nc2cc(F)ccc2C(=O)N[C@H](C(=O)O)[C@@H](C)OC(C)(C)C)c(C)c1. The van der Waals surface area contributed by atoms with Crippen LogP contribution in [0.1, 0.15) is 68.1 Å². The van der Waals surface area contributed by atoms with Crippen molar-refractivity contribution in [2.45, 2.75) is 79.1 Å². The smallest absolute Gasteiger partial charge is 0.328 e. The molecule has 2 aromatic rings. The monoisotopic (exact) mass is 501 g/mol. The van der Waals surface area contributed by atoms with Crippen LogP contribution in [0.4, 0.5) is 20.6 Å². The molecule has 2 rings (SSSR count). The summed E-state index contributed by atoms with van der Waals surface area (Å²) >= 11 is 0. The van der Waals surface area contributed by atoms with Crippen LogP contribution >= 0.6 is 0 Å². The molecule has 9 heteroatoms. The maximum Gasteiger partial charge on any atom is 0.328 e. The van der Waals surface area contributed by atoms with Crippen molar-refractivity contribution >= 4 is 29.3 Å². The van der Waals surface area contributed by atoms with Gasteiger partial charge in [0, 0.05) is 5.69 Å². The number of hydrogen-bond acceptors (Lipinski definition) is 4. The van der Waals surface area contributed by atoms with Gasteiger partial charge in [-0.2, -0.15) is 0 Å². The van der Waals surface area contributed by atoms with Crippen molar-refractivity contribution in [1.82, 2.24) is 5.32 Å². The van der Waals surface area contributed by atoms with Crippen LogP contribution in [0.2, 0.25) is 0 Å². The van der Waals surface area contributed by atoms with Gasteiger partial charge in [-0.25, -0.2) is 14.0 Å². The Balaban J connectivity index is 2.25. The summed E-state index contributed by atoms with van der Waals surface area (Å²) in [7, 11) is 0. The molecule has 2 aromatic carbocycles. The van der Waals surface area contributed by atoms with Gasteiger partial charge in [-0.15, -0.1) is 0 Å². The lowest BCUT2D eigenvalue weighted by Gasteiger charge is -2.29. The Kier molecular flexibility index (Phi) is 9.58. The number of aryl methyl sites for hydroxylation is 3. The average molecular weight is 502 g/mol. The third-order valence-electron chi connectivity index (χ3n) is 5.41. The molecule has 36 heavy (non-hydrogen) atoms.